The molecule has 0 aliphatic carbocycles. The van der Waals surface area contributed by atoms with Gasteiger partial charge >= 0.3 is 0 Å². The van der Waals surface area contributed by atoms with Crippen molar-refractivity contribution in [1.82, 2.24) is 24.9 Å². The molecule has 3 aromatic heterocycles. The number of thiazole rings is 1. The molecule has 2 N–H and O–H groups in total. The zero-order valence-corrected chi connectivity index (χ0v) is 19.4. The van der Waals surface area contributed by atoms with Gasteiger partial charge in [0, 0.05) is 17.2 Å². The molecule has 32 heavy (non-hydrogen) atoms. The SMILES string of the molecule is Cc1cc2nc(Nc3nc(CSc4nc5ccccc5s4)cc(=O)[nH]3)nc(C)c2cc1C. The predicted octanol–water partition coefficient (Wildman–Crippen LogP) is 5.28. The van der Waals surface area contributed by atoms with E-state index < -0.39 is 0 Å². The molecule has 160 valence electrons. The molecule has 0 aliphatic rings. The van der Waals surface area contributed by atoms with Gasteiger partial charge in [-0.15, -0.1) is 11.3 Å². The Morgan fingerprint density at radius 1 is 0.969 bits per heavy atom. The second kappa shape index (κ2) is 8.33. The molecule has 2 aromatic carbocycles. The Morgan fingerprint density at radius 3 is 2.62 bits per heavy atom. The highest BCUT2D eigenvalue weighted by molar-refractivity contribution is 8.00. The molecule has 0 unspecified atom stereocenters. The minimum Gasteiger partial charge on any atom is -0.294 e. The van der Waals surface area contributed by atoms with Crippen LogP contribution >= 0.6 is 23.1 Å². The molecular formula is C23H20N6OS2. The Hall–Kier alpha value is -3.30. The van der Waals surface area contributed by atoms with Gasteiger partial charge < -0.3 is 0 Å². The van der Waals surface area contributed by atoms with Crippen molar-refractivity contribution < 1.29 is 0 Å². The highest BCUT2D eigenvalue weighted by atomic mass is 32.2. The number of nitrogens with one attached hydrogen (secondary N) is 2. The van der Waals surface area contributed by atoms with Gasteiger partial charge in [0.15, 0.2) is 4.34 Å². The minimum atomic E-state index is -0.230. The van der Waals surface area contributed by atoms with Gasteiger partial charge in [0.1, 0.15) is 0 Å². The fraction of sp³-hybridized carbons (Fsp3) is 0.174. The third-order valence-electron chi connectivity index (χ3n) is 5.14. The highest BCUT2D eigenvalue weighted by Gasteiger charge is 2.10. The second-order valence-electron chi connectivity index (χ2n) is 7.53. The first kappa shape index (κ1) is 20.6. The van der Waals surface area contributed by atoms with Gasteiger partial charge in [-0.25, -0.2) is 19.9 Å². The average molecular weight is 461 g/mol. The molecule has 3 heterocycles. The van der Waals surface area contributed by atoms with Crippen LogP contribution in [0.3, 0.4) is 0 Å². The molecule has 0 bridgehead atoms. The first-order valence-corrected chi connectivity index (χ1v) is 11.9. The number of para-hydroxylation sites is 1. The number of aromatic nitrogens is 5. The van der Waals surface area contributed by atoms with Crippen molar-refractivity contribution in [3.05, 3.63) is 75.3 Å². The number of anilines is 2. The van der Waals surface area contributed by atoms with Gasteiger partial charge in [-0.1, -0.05) is 23.9 Å². The lowest BCUT2D eigenvalue weighted by Gasteiger charge is -2.10. The van der Waals surface area contributed by atoms with E-state index in [1.165, 1.54) is 17.2 Å². The van der Waals surface area contributed by atoms with E-state index in [4.69, 9.17) is 0 Å². The van der Waals surface area contributed by atoms with Crippen LogP contribution in [-0.4, -0.2) is 24.9 Å². The molecule has 9 heteroatoms. The number of hydrogen-bond donors (Lipinski definition) is 2. The molecule has 0 amide bonds. The lowest BCUT2D eigenvalue weighted by Crippen LogP contribution is -2.13. The van der Waals surface area contributed by atoms with Crippen molar-refractivity contribution in [1.29, 1.82) is 0 Å². The van der Waals surface area contributed by atoms with Crippen molar-refractivity contribution in [3.8, 4) is 0 Å². The largest absolute Gasteiger partial charge is 0.294 e. The van der Waals surface area contributed by atoms with Crippen LogP contribution in [0.25, 0.3) is 21.1 Å². The van der Waals surface area contributed by atoms with E-state index in [0.29, 0.717) is 23.3 Å². The summed E-state index contributed by atoms with van der Waals surface area (Å²) in [5, 5.41) is 4.08. The first-order chi connectivity index (χ1) is 15.4. The lowest BCUT2D eigenvalue weighted by molar-refractivity contribution is 1.04. The Bertz CT molecular complexity index is 1490. The maximum atomic E-state index is 12.2. The smallest absolute Gasteiger partial charge is 0.252 e. The Balaban J connectivity index is 1.39. The predicted molar refractivity (Wildman–Crippen MR) is 131 cm³/mol. The third-order valence-corrected chi connectivity index (χ3v) is 7.36. The highest BCUT2D eigenvalue weighted by Crippen LogP contribution is 2.31. The van der Waals surface area contributed by atoms with E-state index in [1.54, 1.807) is 23.1 Å². The number of H-pyrrole nitrogens is 1. The van der Waals surface area contributed by atoms with Crippen LogP contribution < -0.4 is 10.9 Å². The van der Waals surface area contributed by atoms with Gasteiger partial charge in [-0.3, -0.25) is 15.1 Å². The molecule has 0 spiro atoms. The van der Waals surface area contributed by atoms with Crippen molar-refractivity contribution >= 4 is 56.1 Å². The number of hydrogen-bond acceptors (Lipinski definition) is 8. The summed E-state index contributed by atoms with van der Waals surface area (Å²) >= 11 is 3.20. The maximum Gasteiger partial charge on any atom is 0.252 e. The summed E-state index contributed by atoms with van der Waals surface area (Å²) in [4.78, 5) is 33.3. The van der Waals surface area contributed by atoms with Crippen molar-refractivity contribution in [2.45, 2.75) is 30.9 Å². The summed E-state index contributed by atoms with van der Waals surface area (Å²) in [6.45, 7) is 6.09. The molecule has 0 saturated heterocycles. The van der Waals surface area contributed by atoms with Crippen LogP contribution in [0.2, 0.25) is 0 Å². The Labute approximate surface area is 192 Å². The molecule has 0 aliphatic heterocycles. The fourth-order valence-electron chi connectivity index (χ4n) is 3.39. The number of fused-ring (bicyclic) bond motifs is 2. The van der Waals surface area contributed by atoms with Crippen LogP contribution in [0.1, 0.15) is 22.5 Å². The molecule has 0 radical (unpaired) electrons. The van der Waals surface area contributed by atoms with Crippen molar-refractivity contribution in [3.63, 3.8) is 0 Å². The minimum absolute atomic E-state index is 0.230. The number of benzene rings is 2. The number of aryl methyl sites for hydroxylation is 3. The van der Waals surface area contributed by atoms with E-state index in [1.807, 2.05) is 31.2 Å². The van der Waals surface area contributed by atoms with Gasteiger partial charge in [-0.2, -0.15) is 0 Å². The summed E-state index contributed by atoms with van der Waals surface area (Å²) < 4.78 is 2.09. The van der Waals surface area contributed by atoms with E-state index in [-0.39, 0.29) is 5.56 Å². The van der Waals surface area contributed by atoms with Crippen LogP contribution in [0.5, 0.6) is 0 Å². The summed E-state index contributed by atoms with van der Waals surface area (Å²) in [7, 11) is 0. The normalized spacial score (nSPS) is 11.3. The second-order valence-corrected chi connectivity index (χ2v) is 9.79. The quantitative estimate of drug-likeness (QED) is 0.344. The van der Waals surface area contributed by atoms with E-state index in [2.05, 4.69) is 56.2 Å². The molecule has 0 atom stereocenters. The summed E-state index contributed by atoms with van der Waals surface area (Å²) in [5.41, 5.74) is 5.50. The molecule has 5 aromatic rings. The molecule has 0 saturated carbocycles. The van der Waals surface area contributed by atoms with Gasteiger partial charge in [0.05, 0.1) is 27.1 Å². The van der Waals surface area contributed by atoms with E-state index >= 15 is 0 Å². The van der Waals surface area contributed by atoms with Crippen LogP contribution in [0.15, 0.2) is 51.6 Å². The van der Waals surface area contributed by atoms with Gasteiger partial charge in [0.2, 0.25) is 11.9 Å². The topological polar surface area (TPSA) is 96.5 Å². The maximum absolute atomic E-state index is 12.2. The lowest BCUT2D eigenvalue weighted by atomic mass is 10.1. The van der Waals surface area contributed by atoms with Crippen molar-refractivity contribution in [2.75, 3.05) is 5.32 Å². The zero-order chi connectivity index (χ0) is 22.2. The van der Waals surface area contributed by atoms with E-state index in [0.717, 1.165) is 31.2 Å². The molecule has 5 rings (SSSR count). The fourth-order valence-corrected chi connectivity index (χ4v) is 5.35. The number of aromatic amines is 1. The summed E-state index contributed by atoms with van der Waals surface area (Å²) in [6.07, 6.45) is 0. The third kappa shape index (κ3) is 4.21. The summed E-state index contributed by atoms with van der Waals surface area (Å²) in [5.74, 6) is 1.26. The van der Waals surface area contributed by atoms with Gasteiger partial charge in [0.25, 0.3) is 5.56 Å². The summed E-state index contributed by atoms with van der Waals surface area (Å²) in [6, 6.07) is 13.7. The number of nitrogens with zero attached hydrogens (tertiary/aromatic N) is 4. The molecule has 0 fully saturated rings. The Kier molecular flexibility index (Phi) is 5.36. The monoisotopic (exact) mass is 460 g/mol. The number of rotatable bonds is 5. The standard InChI is InChI=1S/C23H20N6OS2/c1-12-8-16-14(3)24-21(26-18(16)9-13(12)2)29-22-25-15(10-20(30)28-22)11-31-23-27-17-6-4-5-7-19(17)32-23/h4-10H,11H2,1-3H3,(H2,24,25,26,28,29,30). The van der Waals surface area contributed by atoms with Crippen LogP contribution in [-0.2, 0) is 5.75 Å². The average Bonchev–Trinajstić information content (AvgIpc) is 3.16. The Morgan fingerprint density at radius 2 is 1.78 bits per heavy atom. The molecular weight excluding hydrogens is 440 g/mol. The van der Waals surface area contributed by atoms with Crippen LogP contribution in [0, 0.1) is 20.8 Å². The van der Waals surface area contributed by atoms with E-state index in [9.17, 15) is 4.79 Å². The van der Waals surface area contributed by atoms with Crippen molar-refractivity contribution in [2.24, 2.45) is 0 Å². The number of thioether (sulfide) groups is 1. The van der Waals surface area contributed by atoms with Crippen LogP contribution in [0.4, 0.5) is 11.9 Å². The van der Waals surface area contributed by atoms with Gasteiger partial charge in [-0.05, 0) is 56.2 Å². The zero-order valence-electron chi connectivity index (χ0n) is 17.8. The first-order valence-electron chi connectivity index (χ1n) is 10.1. The molecule has 7 nitrogen and oxygen atoms in total.